The standard InChI is InChI=1S/C27H46O.C6H13NO4/c1-18(2)7-6-8-19(3)23-11-12-24-22-10-9-20-17-21(28)13-15-26(20,4)25(22)14-16-27(23,24)5;8-3-1-7(2-4-9)5-6(10)11/h9,18-19,21-25,28H,6-8,10-17H2,1-5H3;8-9H,1-5H2,(H,10,11)/t19-,21+,22+,23-,24+,25+,26+,27-;/m1./s1. The average Bonchev–Trinajstić information content (AvgIpc) is 3.22. The van der Waals surface area contributed by atoms with Gasteiger partial charge in [0.25, 0.3) is 0 Å². The fourth-order valence-corrected chi connectivity index (χ4v) is 9.41. The molecule has 8 atom stereocenters. The first-order valence-electron chi connectivity index (χ1n) is 16.0. The number of fused-ring (bicyclic) bond motifs is 5. The van der Waals surface area contributed by atoms with E-state index in [0.717, 1.165) is 48.3 Å². The number of carboxylic acid groups (broad SMARTS) is 1. The van der Waals surface area contributed by atoms with E-state index >= 15 is 0 Å². The summed E-state index contributed by atoms with van der Waals surface area (Å²) in [4.78, 5) is 11.6. The zero-order chi connectivity index (χ0) is 28.8. The highest BCUT2D eigenvalue weighted by Crippen LogP contribution is 2.67. The minimum Gasteiger partial charge on any atom is -0.480 e. The molecule has 3 fully saturated rings. The largest absolute Gasteiger partial charge is 0.480 e. The fourth-order valence-electron chi connectivity index (χ4n) is 9.41. The number of aliphatic hydroxyl groups excluding tert-OH is 3. The Hall–Kier alpha value is -0.950. The van der Waals surface area contributed by atoms with Crippen molar-refractivity contribution in [3.63, 3.8) is 0 Å². The molecule has 0 amide bonds. The van der Waals surface area contributed by atoms with Gasteiger partial charge in [0.1, 0.15) is 0 Å². The Labute approximate surface area is 238 Å². The molecule has 6 nitrogen and oxygen atoms in total. The predicted molar refractivity (Wildman–Crippen MR) is 157 cm³/mol. The maximum atomic E-state index is 10.2. The fraction of sp³-hybridized carbons (Fsp3) is 0.909. The van der Waals surface area contributed by atoms with Crippen LogP contribution in [0.3, 0.4) is 0 Å². The molecule has 4 aliphatic rings. The SMILES string of the molecule is CC(C)CCC[C@@H](C)[C@H]1CC[C@H]2[C@@H]3CC=C4C[C@@H](O)CC[C@]4(C)[C@H]3CC[C@]12C.O=C(O)CN(CCO)CCO. The molecule has 6 heteroatoms. The van der Waals surface area contributed by atoms with Crippen molar-refractivity contribution in [1.29, 1.82) is 0 Å². The third-order valence-electron chi connectivity index (χ3n) is 11.5. The first-order valence-corrected chi connectivity index (χ1v) is 16.0. The van der Waals surface area contributed by atoms with Crippen molar-refractivity contribution in [2.24, 2.45) is 46.3 Å². The van der Waals surface area contributed by atoms with E-state index in [1.54, 1.807) is 5.57 Å². The molecule has 0 unspecified atom stereocenters. The van der Waals surface area contributed by atoms with Gasteiger partial charge in [-0.15, -0.1) is 0 Å². The van der Waals surface area contributed by atoms with Crippen molar-refractivity contribution in [1.82, 2.24) is 4.90 Å². The summed E-state index contributed by atoms with van der Waals surface area (Å²) < 4.78 is 0. The highest BCUT2D eigenvalue weighted by molar-refractivity contribution is 5.69. The second-order valence-corrected chi connectivity index (χ2v) is 14.3. The van der Waals surface area contributed by atoms with Crippen LogP contribution in [-0.2, 0) is 4.79 Å². The van der Waals surface area contributed by atoms with Crippen LogP contribution >= 0.6 is 0 Å². The summed E-state index contributed by atoms with van der Waals surface area (Å²) in [5, 5.41) is 35.5. The molecule has 0 aromatic rings. The minimum atomic E-state index is -0.952. The highest BCUT2D eigenvalue weighted by Gasteiger charge is 2.59. The lowest BCUT2D eigenvalue weighted by Crippen LogP contribution is -2.50. The molecule has 0 saturated heterocycles. The monoisotopic (exact) mass is 549 g/mol. The minimum absolute atomic E-state index is 0.0766. The van der Waals surface area contributed by atoms with Crippen LogP contribution in [0, 0.1) is 46.3 Å². The Morgan fingerprint density at radius 1 is 1.00 bits per heavy atom. The summed E-state index contributed by atoms with van der Waals surface area (Å²) in [6, 6.07) is 0. The molecule has 0 aromatic carbocycles. The molecule has 4 N–H and O–H groups in total. The van der Waals surface area contributed by atoms with Crippen LogP contribution in [0.1, 0.15) is 105 Å². The van der Waals surface area contributed by atoms with Crippen LogP contribution in [0.4, 0.5) is 0 Å². The van der Waals surface area contributed by atoms with Gasteiger partial charge in [-0.1, -0.05) is 65.5 Å². The smallest absolute Gasteiger partial charge is 0.317 e. The van der Waals surface area contributed by atoms with Crippen LogP contribution in [0.15, 0.2) is 11.6 Å². The molecule has 3 saturated carbocycles. The Kier molecular flexibility index (Phi) is 11.9. The molecule has 226 valence electrons. The van der Waals surface area contributed by atoms with E-state index in [9.17, 15) is 9.90 Å². The van der Waals surface area contributed by atoms with Crippen molar-refractivity contribution in [2.45, 2.75) is 111 Å². The number of nitrogens with zero attached hydrogens (tertiary/aromatic N) is 1. The molecular weight excluding hydrogens is 490 g/mol. The molecular formula is C33H59NO5. The molecule has 39 heavy (non-hydrogen) atoms. The molecule has 0 bridgehead atoms. The summed E-state index contributed by atoms with van der Waals surface area (Å²) in [7, 11) is 0. The van der Waals surface area contributed by atoms with Gasteiger partial charge in [0.2, 0.25) is 0 Å². The first kappa shape index (κ1) is 32.6. The second kappa shape index (κ2) is 14.3. The van der Waals surface area contributed by atoms with Crippen molar-refractivity contribution < 1.29 is 25.2 Å². The normalized spacial score (nSPS) is 36.4. The Bertz CT molecular complexity index is 808. The lowest BCUT2D eigenvalue weighted by Gasteiger charge is -2.58. The van der Waals surface area contributed by atoms with E-state index < -0.39 is 5.97 Å². The van der Waals surface area contributed by atoms with Gasteiger partial charge in [0.05, 0.1) is 25.9 Å². The molecule has 4 aliphatic carbocycles. The Balaban J connectivity index is 0.000000325. The van der Waals surface area contributed by atoms with Crippen LogP contribution in [0.25, 0.3) is 0 Å². The quantitative estimate of drug-likeness (QED) is 0.245. The van der Waals surface area contributed by atoms with Crippen LogP contribution < -0.4 is 0 Å². The zero-order valence-corrected chi connectivity index (χ0v) is 25.6. The lowest BCUT2D eigenvalue weighted by molar-refractivity contribution is -0.138. The number of aliphatic carboxylic acids is 1. The summed E-state index contributed by atoms with van der Waals surface area (Å²) in [6.07, 6.45) is 17.2. The van der Waals surface area contributed by atoms with Gasteiger partial charge in [-0.2, -0.15) is 0 Å². The van der Waals surface area contributed by atoms with E-state index in [-0.39, 0.29) is 39.0 Å². The Morgan fingerprint density at radius 2 is 1.69 bits per heavy atom. The lowest BCUT2D eigenvalue weighted by atomic mass is 9.47. The first-order chi connectivity index (χ1) is 18.5. The molecule has 0 aromatic heterocycles. The topological polar surface area (TPSA) is 101 Å². The summed E-state index contributed by atoms with van der Waals surface area (Å²) >= 11 is 0. The number of carboxylic acids is 1. The summed E-state index contributed by atoms with van der Waals surface area (Å²) in [6.45, 7) is 12.8. The van der Waals surface area contributed by atoms with E-state index in [2.05, 4.69) is 40.7 Å². The van der Waals surface area contributed by atoms with Crippen LogP contribution in [-0.4, -0.2) is 70.2 Å². The summed E-state index contributed by atoms with van der Waals surface area (Å²) in [5.41, 5.74) is 2.60. The van der Waals surface area contributed by atoms with E-state index in [0.29, 0.717) is 10.8 Å². The average molecular weight is 550 g/mol. The number of hydrogen-bond acceptors (Lipinski definition) is 5. The van der Waals surface area contributed by atoms with Gasteiger partial charge >= 0.3 is 5.97 Å². The molecule has 0 radical (unpaired) electrons. The van der Waals surface area contributed by atoms with Gasteiger partial charge in [0, 0.05) is 13.1 Å². The van der Waals surface area contributed by atoms with Crippen molar-refractivity contribution in [3.05, 3.63) is 11.6 Å². The van der Waals surface area contributed by atoms with Crippen LogP contribution in [0.2, 0.25) is 0 Å². The van der Waals surface area contributed by atoms with Gasteiger partial charge in [-0.3, -0.25) is 9.69 Å². The number of hydrogen-bond donors (Lipinski definition) is 4. The predicted octanol–water partition coefficient (Wildman–Crippen LogP) is 5.75. The maximum absolute atomic E-state index is 10.2. The molecule has 0 aliphatic heterocycles. The Morgan fingerprint density at radius 3 is 2.31 bits per heavy atom. The summed E-state index contributed by atoms with van der Waals surface area (Å²) in [5.74, 6) is 4.51. The van der Waals surface area contributed by atoms with Gasteiger partial charge < -0.3 is 20.4 Å². The second-order valence-electron chi connectivity index (χ2n) is 14.3. The molecule has 0 spiro atoms. The van der Waals surface area contributed by atoms with E-state index in [1.807, 2.05) is 0 Å². The zero-order valence-electron chi connectivity index (χ0n) is 25.6. The van der Waals surface area contributed by atoms with Crippen molar-refractivity contribution >= 4 is 5.97 Å². The van der Waals surface area contributed by atoms with Crippen LogP contribution in [0.5, 0.6) is 0 Å². The molecule has 0 heterocycles. The van der Waals surface area contributed by atoms with Gasteiger partial charge in [-0.25, -0.2) is 0 Å². The van der Waals surface area contributed by atoms with E-state index in [4.69, 9.17) is 15.3 Å². The molecule has 4 rings (SSSR count). The van der Waals surface area contributed by atoms with Gasteiger partial charge in [-0.05, 0) is 97.7 Å². The van der Waals surface area contributed by atoms with E-state index in [1.165, 1.54) is 62.7 Å². The van der Waals surface area contributed by atoms with Crippen molar-refractivity contribution in [2.75, 3.05) is 32.8 Å². The number of aliphatic hydroxyl groups is 3. The highest BCUT2D eigenvalue weighted by atomic mass is 16.4. The van der Waals surface area contributed by atoms with Gasteiger partial charge in [0.15, 0.2) is 0 Å². The maximum Gasteiger partial charge on any atom is 0.317 e. The van der Waals surface area contributed by atoms with Crippen molar-refractivity contribution in [3.8, 4) is 0 Å². The number of allylic oxidation sites excluding steroid dienone is 1. The number of rotatable bonds is 11. The third kappa shape index (κ3) is 7.67. The third-order valence-corrected chi connectivity index (χ3v) is 11.5. The number of carbonyl (C=O) groups is 1.